The van der Waals surface area contributed by atoms with E-state index in [0.717, 1.165) is 19.3 Å². The number of aliphatic hydroxyl groups excluding tert-OH is 1. The van der Waals surface area contributed by atoms with Crippen LogP contribution in [0, 0.1) is 34.5 Å². The summed E-state index contributed by atoms with van der Waals surface area (Å²) >= 11 is 0. The number of carbonyl (C=O) groups is 1. The van der Waals surface area contributed by atoms with E-state index >= 15 is 0 Å². The van der Waals surface area contributed by atoms with Crippen LogP contribution in [0.5, 0.6) is 0 Å². The molecule has 2 heteroatoms. The van der Waals surface area contributed by atoms with Crippen LogP contribution >= 0.6 is 0 Å². The molecule has 4 aliphatic carbocycles. The van der Waals surface area contributed by atoms with E-state index in [1.54, 1.807) is 0 Å². The van der Waals surface area contributed by atoms with Gasteiger partial charge in [0.2, 0.25) is 0 Å². The Hall–Kier alpha value is -0.890. The predicted molar refractivity (Wildman–Crippen MR) is 82.6 cm³/mol. The van der Waals surface area contributed by atoms with Crippen molar-refractivity contribution < 1.29 is 9.90 Å². The SMILES string of the molecule is C[C@]12CC[C@H]3[C@@H](C=CC4CC(=O)C=C[C@]43C)[C@@H]1CC[C@@H]2O. The zero-order chi connectivity index (χ0) is 14.8. The van der Waals surface area contributed by atoms with Gasteiger partial charge >= 0.3 is 0 Å². The van der Waals surface area contributed by atoms with Gasteiger partial charge in [0.15, 0.2) is 5.78 Å². The fourth-order valence-corrected chi connectivity index (χ4v) is 6.00. The molecule has 0 amide bonds. The van der Waals surface area contributed by atoms with E-state index in [-0.39, 0.29) is 22.7 Å². The third-order valence-electron chi connectivity index (χ3n) is 7.50. The normalized spacial score (nSPS) is 55.0. The van der Waals surface area contributed by atoms with Crippen molar-refractivity contribution in [1.82, 2.24) is 0 Å². The summed E-state index contributed by atoms with van der Waals surface area (Å²) < 4.78 is 0. The summed E-state index contributed by atoms with van der Waals surface area (Å²) in [5, 5.41) is 10.4. The molecule has 2 saturated carbocycles. The molecular formula is C19H26O2. The monoisotopic (exact) mass is 286 g/mol. The molecule has 7 atom stereocenters. The van der Waals surface area contributed by atoms with Gasteiger partial charge < -0.3 is 5.11 Å². The Bertz CT molecular complexity index is 534. The summed E-state index contributed by atoms with van der Waals surface area (Å²) in [7, 11) is 0. The van der Waals surface area contributed by atoms with Gasteiger partial charge in [-0.15, -0.1) is 0 Å². The number of hydrogen-bond donors (Lipinski definition) is 1. The van der Waals surface area contributed by atoms with Crippen LogP contribution in [-0.2, 0) is 4.79 Å². The minimum atomic E-state index is -0.120. The Kier molecular flexibility index (Phi) is 2.83. The largest absolute Gasteiger partial charge is 0.393 e. The average molecular weight is 286 g/mol. The maximum atomic E-state index is 11.7. The van der Waals surface area contributed by atoms with Crippen molar-refractivity contribution >= 4 is 5.78 Å². The van der Waals surface area contributed by atoms with E-state index in [0.29, 0.717) is 30.1 Å². The lowest BCUT2D eigenvalue weighted by atomic mass is 9.48. The average Bonchev–Trinajstić information content (AvgIpc) is 2.76. The highest BCUT2D eigenvalue weighted by Gasteiger charge is 2.58. The van der Waals surface area contributed by atoms with Crippen LogP contribution in [0.4, 0.5) is 0 Å². The third kappa shape index (κ3) is 1.72. The van der Waals surface area contributed by atoms with Gasteiger partial charge in [-0.1, -0.05) is 32.1 Å². The lowest BCUT2D eigenvalue weighted by molar-refractivity contribution is -0.118. The van der Waals surface area contributed by atoms with Crippen LogP contribution < -0.4 is 0 Å². The van der Waals surface area contributed by atoms with Crippen LogP contribution in [0.15, 0.2) is 24.3 Å². The van der Waals surface area contributed by atoms with Crippen molar-refractivity contribution in [2.75, 3.05) is 0 Å². The smallest absolute Gasteiger partial charge is 0.156 e. The standard InChI is InChI=1S/C19H26O2/c1-18-9-7-13(20)11-12(18)3-4-14-15-5-6-17(21)19(15,2)10-8-16(14)18/h3-4,7,9,12,14-17,21H,5-6,8,10-11H2,1-2H3/t12?,14-,15-,16-,17-,18+,19-/m0/s1. The quantitative estimate of drug-likeness (QED) is 0.692. The molecule has 0 spiro atoms. The van der Waals surface area contributed by atoms with Crippen molar-refractivity contribution in [3.05, 3.63) is 24.3 Å². The number of aliphatic hydroxyl groups is 1. The number of hydrogen-bond acceptors (Lipinski definition) is 2. The Morgan fingerprint density at radius 3 is 2.76 bits per heavy atom. The van der Waals surface area contributed by atoms with Crippen LogP contribution in [0.25, 0.3) is 0 Å². The first kappa shape index (κ1) is 13.8. The molecular weight excluding hydrogens is 260 g/mol. The molecule has 0 radical (unpaired) electrons. The number of carbonyl (C=O) groups excluding carboxylic acids is 1. The van der Waals surface area contributed by atoms with E-state index in [1.165, 1.54) is 6.42 Å². The van der Waals surface area contributed by atoms with E-state index in [9.17, 15) is 9.90 Å². The van der Waals surface area contributed by atoms with Crippen LogP contribution in [0.2, 0.25) is 0 Å². The Morgan fingerprint density at radius 2 is 1.95 bits per heavy atom. The fraction of sp³-hybridized carbons (Fsp3) is 0.737. The van der Waals surface area contributed by atoms with Gasteiger partial charge in [0, 0.05) is 6.42 Å². The van der Waals surface area contributed by atoms with Crippen LogP contribution in [0.1, 0.15) is 46.0 Å². The molecule has 0 heterocycles. The number of rotatable bonds is 0. The number of allylic oxidation sites excluding steroid dienone is 4. The number of fused-ring (bicyclic) bond motifs is 5. The summed E-state index contributed by atoms with van der Waals surface area (Å²) in [5.74, 6) is 2.50. The summed E-state index contributed by atoms with van der Waals surface area (Å²) in [5.41, 5.74) is 0.255. The Labute approximate surface area is 127 Å². The van der Waals surface area contributed by atoms with Crippen molar-refractivity contribution in [3.63, 3.8) is 0 Å². The highest BCUT2D eigenvalue weighted by molar-refractivity contribution is 5.91. The molecule has 0 aromatic carbocycles. The Balaban J connectivity index is 1.73. The molecule has 4 aliphatic rings. The zero-order valence-corrected chi connectivity index (χ0v) is 13.1. The second kappa shape index (κ2) is 4.32. The van der Waals surface area contributed by atoms with Gasteiger partial charge in [-0.2, -0.15) is 0 Å². The molecule has 1 N–H and O–H groups in total. The molecule has 0 aromatic rings. The first-order chi connectivity index (χ1) is 9.95. The van der Waals surface area contributed by atoms with Crippen molar-refractivity contribution in [1.29, 1.82) is 0 Å². The molecule has 0 aromatic heterocycles. The third-order valence-corrected chi connectivity index (χ3v) is 7.50. The molecule has 2 fully saturated rings. The van der Waals surface area contributed by atoms with Crippen LogP contribution in [-0.4, -0.2) is 17.0 Å². The zero-order valence-electron chi connectivity index (χ0n) is 13.1. The molecule has 4 rings (SSSR count). The second-order valence-electron chi connectivity index (χ2n) is 8.29. The molecule has 0 aliphatic heterocycles. The molecule has 114 valence electrons. The van der Waals surface area contributed by atoms with Crippen molar-refractivity contribution in [2.45, 2.75) is 52.1 Å². The molecule has 0 saturated heterocycles. The van der Waals surface area contributed by atoms with Crippen molar-refractivity contribution in [2.24, 2.45) is 34.5 Å². The lowest BCUT2D eigenvalue weighted by Gasteiger charge is -2.56. The first-order valence-electron chi connectivity index (χ1n) is 8.53. The summed E-state index contributed by atoms with van der Waals surface area (Å²) in [6, 6.07) is 0. The minimum absolute atomic E-state index is 0.114. The van der Waals surface area contributed by atoms with Gasteiger partial charge in [0.05, 0.1) is 6.10 Å². The van der Waals surface area contributed by atoms with Gasteiger partial charge in [-0.05, 0) is 66.3 Å². The maximum absolute atomic E-state index is 11.7. The van der Waals surface area contributed by atoms with Crippen LogP contribution in [0.3, 0.4) is 0 Å². The summed E-state index contributed by atoms with van der Waals surface area (Å²) in [4.78, 5) is 11.7. The Morgan fingerprint density at radius 1 is 1.14 bits per heavy atom. The van der Waals surface area contributed by atoms with E-state index in [2.05, 4.69) is 32.1 Å². The molecule has 2 nitrogen and oxygen atoms in total. The molecule has 21 heavy (non-hydrogen) atoms. The number of ketones is 1. The van der Waals surface area contributed by atoms with Gasteiger partial charge in [0.25, 0.3) is 0 Å². The highest BCUT2D eigenvalue weighted by atomic mass is 16.3. The molecule has 0 bridgehead atoms. The van der Waals surface area contributed by atoms with Crippen molar-refractivity contribution in [3.8, 4) is 0 Å². The van der Waals surface area contributed by atoms with E-state index < -0.39 is 0 Å². The molecule has 1 unspecified atom stereocenters. The lowest BCUT2D eigenvalue weighted by Crippen LogP contribution is -2.51. The topological polar surface area (TPSA) is 37.3 Å². The van der Waals surface area contributed by atoms with Gasteiger partial charge in [-0.25, -0.2) is 0 Å². The fourth-order valence-electron chi connectivity index (χ4n) is 6.00. The first-order valence-corrected chi connectivity index (χ1v) is 8.53. The van der Waals surface area contributed by atoms with Gasteiger partial charge in [0.1, 0.15) is 0 Å². The summed E-state index contributed by atoms with van der Waals surface area (Å²) in [6.07, 6.45) is 13.8. The highest BCUT2D eigenvalue weighted by Crippen LogP contribution is 2.63. The second-order valence-corrected chi connectivity index (χ2v) is 8.29. The maximum Gasteiger partial charge on any atom is 0.156 e. The van der Waals surface area contributed by atoms with E-state index in [4.69, 9.17) is 0 Å². The minimum Gasteiger partial charge on any atom is -0.393 e. The van der Waals surface area contributed by atoms with E-state index in [1.807, 2.05) is 6.08 Å². The summed E-state index contributed by atoms with van der Waals surface area (Å²) in [6.45, 7) is 4.66. The van der Waals surface area contributed by atoms with Gasteiger partial charge in [-0.3, -0.25) is 4.79 Å². The predicted octanol–water partition coefficient (Wildman–Crippen LogP) is 3.51.